The minimum absolute atomic E-state index is 0.00979. The molecule has 2 aromatic carbocycles. The Bertz CT molecular complexity index is 856. The van der Waals surface area contributed by atoms with Gasteiger partial charge < -0.3 is 29.9 Å². The van der Waals surface area contributed by atoms with Gasteiger partial charge in [0.05, 0.1) is 20.3 Å². The van der Waals surface area contributed by atoms with Crippen molar-refractivity contribution in [2.24, 2.45) is 0 Å². The normalized spacial score (nSPS) is 11.6. The molecule has 0 spiro atoms. The zero-order valence-corrected chi connectivity index (χ0v) is 12.7. The smallest absolute Gasteiger partial charge is 0.208 e. The molecule has 8 heteroatoms. The Kier molecular flexibility index (Phi) is 2.83. The maximum Gasteiger partial charge on any atom is 0.208 e. The minimum atomic E-state index is -0.926. The van der Waals surface area contributed by atoms with E-state index >= 15 is 0 Å². The number of rotatable bonds is 0. The quantitative estimate of drug-likeness (QED) is 0.301. The SMILES string of the molecule is Cc1c(Br)c(O)c2c(oc3c(O)c(O)c(O)c(O)c32)c1Cl. The second-order valence-electron chi connectivity index (χ2n) is 4.51. The first-order valence-electron chi connectivity index (χ1n) is 5.65. The van der Waals surface area contributed by atoms with Gasteiger partial charge in [-0.15, -0.1) is 0 Å². The summed E-state index contributed by atoms with van der Waals surface area (Å²) in [4.78, 5) is 0. The van der Waals surface area contributed by atoms with Crippen LogP contribution in [0, 0.1) is 6.92 Å². The largest absolute Gasteiger partial charge is 0.506 e. The average Bonchev–Trinajstić information content (AvgIpc) is 2.87. The van der Waals surface area contributed by atoms with E-state index < -0.39 is 23.0 Å². The van der Waals surface area contributed by atoms with Crippen LogP contribution in [0.4, 0.5) is 0 Å². The lowest BCUT2D eigenvalue weighted by atomic mass is 10.1. The molecule has 0 bridgehead atoms. The van der Waals surface area contributed by atoms with Gasteiger partial charge in [-0.1, -0.05) is 11.6 Å². The van der Waals surface area contributed by atoms with Gasteiger partial charge in [-0.3, -0.25) is 0 Å². The van der Waals surface area contributed by atoms with Crippen LogP contribution in [-0.4, -0.2) is 25.5 Å². The first-order valence-corrected chi connectivity index (χ1v) is 6.83. The lowest BCUT2D eigenvalue weighted by Gasteiger charge is -2.06. The van der Waals surface area contributed by atoms with E-state index in [9.17, 15) is 25.5 Å². The standard InChI is InChI=1S/C13H8BrClO6/c1-2-5(14)7(16)3-4-8(17)9(18)10(19)11(20)13(4)21-12(3)6(2)15/h16-20H,1H3. The number of fused-ring (bicyclic) bond motifs is 3. The van der Waals surface area contributed by atoms with E-state index in [-0.39, 0.29) is 37.2 Å². The Labute approximate surface area is 130 Å². The van der Waals surface area contributed by atoms with Crippen LogP contribution in [0.15, 0.2) is 8.89 Å². The molecule has 3 rings (SSSR count). The lowest BCUT2D eigenvalue weighted by Crippen LogP contribution is -1.82. The Hall–Kier alpha value is -1.99. The Morgan fingerprint density at radius 1 is 0.810 bits per heavy atom. The number of hydrogen-bond acceptors (Lipinski definition) is 6. The highest BCUT2D eigenvalue weighted by atomic mass is 79.9. The van der Waals surface area contributed by atoms with Crippen LogP contribution in [0.2, 0.25) is 5.02 Å². The van der Waals surface area contributed by atoms with Crippen molar-refractivity contribution in [2.45, 2.75) is 6.92 Å². The van der Waals surface area contributed by atoms with Crippen molar-refractivity contribution >= 4 is 49.5 Å². The van der Waals surface area contributed by atoms with Gasteiger partial charge in [0.25, 0.3) is 0 Å². The van der Waals surface area contributed by atoms with Crippen molar-refractivity contribution in [2.75, 3.05) is 0 Å². The van der Waals surface area contributed by atoms with Gasteiger partial charge in [0.15, 0.2) is 16.9 Å². The highest BCUT2D eigenvalue weighted by Gasteiger charge is 2.28. The van der Waals surface area contributed by atoms with Crippen molar-refractivity contribution in [1.82, 2.24) is 0 Å². The van der Waals surface area contributed by atoms with Crippen LogP contribution in [-0.2, 0) is 0 Å². The number of hydrogen-bond donors (Lipinski definition) is 5. The molecule has 1 heterocycles. The van der Waals surface area contributed by atoms with Crippen LogP contribution in [0.3, 0.4) is 0 Å². The topological polar surface area (TPSA) is 114 Å². The third kappa shape index (κ3) is 1.58. The zero-order chi connectivity index (χ0) is 15.6. The molecule has 0 unspecified atom stereocenters. The molecule has 0 amide bonds. The number of phenolic OH excluding ortho intramolecular Hbond substituents is 5. The maximum atomic E-state index is 10.2. The molecule has 0 radical (unpaired) electrons. The average molecular weight is 376 g/mol. The van der Waals surface area contributed by atoms with Crippen molar-refractivity contribution in [3.05, 3.63) is 15.1 Å². The number of benzene rings is 2. The summed E-state index contributed by atoms with van der Waals surface area (Å²) in [5.74, 6) is -3.62. The summed E-state index contributed by atoms with van der Waals surface area (Å²) < 4.78 is 5.64. The Morgan fingerprint density at radius 3 is 1.95 bits per heavy atom. The van der Waals surface area contributed by atoms with E-state index in [4.69, 9.17) is 16.0 Å². The second-order valence-corrected chi connectivity index (χ2v) is 5.68. The summed E-state index contributed by atoms with van der Waals surface area (Å²) in [7, 11) is 0. The molecule has 0 aliphatic carbocycles. The summed E-state index contributed by atoms with van der Waals surface area (Å²) in [6.07, 6.45) is 0. The van der Waals surface area contributed by atoms with Gasteiger partial charge in [-0.25, -0.2) is 0 Å². The number of phenols is 5. The van der Waals surface area contributed by atoms with Crippen molar-refractivity contribution in [1.29, 1.82) is 0 Å². The van der Waals surface area contributed by atoms with E-state index in [1.54, 1.807) is 6.92 Å². The first kappa shape index (κ1) is 14.0. The van der Waals surface area contributed by atoms with E-state index in [2.05, 4.69) is 15.9 Å². The Balaban J connectivity index is 2.73. The summed E-state index contributed by atoms with van der Waals surface area (Å²) in [5, 5.41) is 49.2. The predicted octanol–water partition coefficient (Wildman–Crippen LogP) is 3.84. The summed E-state index contributed by atoms with van der Waals surface area (Å²) >= 11 is 9.30. The molecule has 110 valence electrons. The molecular weight excluding hydrogens is 367 g/mol. The maximum absolute atomic E-state index is 10.2. The molecule has 0 aliphatic heterocycles. The number of halogens is 2. The van der Waals surface area contributed by atoms with E-state index in [0.29, 0.717) is 5.56 Å². The highest BCUT2D eigenvalue weighted by Crippen LogP contribution is 2.55. The molecule has 3 aromatic rings. The zero-order valence-electron chi connectivity index (χ0n) is 10.4. The van der Waals surface area contributed by atoms with Crippen molar-refractivity contribution in [3.63, 3.8) is 0 Å². The summed E-state index contributed by atoms with van der Waals surface area (Å²) in [6.45, 7) is 1.63. The van der Waals surface area contributed by atoms with Gasteiger partial charge in [-0.05, 0) is 28.4 Å². The minimum Gasteiger partial charge on any atom is -0.506 e. The predicted molar refractivity (Wildman–Crippen MR) is 79.5 cm³/mol. The third-order valence-electron chi connectivity index (χ3n) is 3.34. The molecule has 0 saturated heterocycles. The Morgan fingerprint density at radius 2 is 1.33 bits per heavy atom. The summed E-state index contributed by atoms with van der Waals surface area (Å²) in [6, 6.07) is 0. The van der Waals surface area contributed by atoms with Crippen LogP contribution >= 0.6 is 27.5 Å². The molecule has 0 atom stereocenters. The van der Waals surface area contributed by atoms with Crippen molar-refractivity contribution < 1.29 is 29.9 Å². The second kappa shape index (κ2) is 4.25. The molecule has 5 N–H and O–H groups in total. The van der Waals surface area contributed by atoms with Crippen LogP contribution in [0.25, 0.3) is 21.9 Å². The first-order chi connectivity index (χ1) is 9.77. The molecule has 0 aliphatic rings. The fourth-order valence-electron chi connectivity index (χ4n) is 2.21. The molecule has 21 heavy (non-hydrogen) atoms. The monoisotopic (exact) mass is 374 g/mol. The highest BCUT2D eigenvalue weighted by molar-refractivity contribution is 9.10. The third-order valence-corrected chi connectivity index (χ3v) is 4.76. The fourth-order valence-corrected chi connectivity index (χ4v) is 2.95. The summed E-state index contributed by atoms with van der Waals surface area (Å²) in [5.41, 5.74) is 0.209. The molecular formula is C13H8BrClO6. The van der Waals surface area contributed by atoms with Crippen molar-refractivity contribution in [3.8, 4) is 28.7 Å². The van der Waals surface area contributed by atoms with Gasteiger partial charge in [0, 0.05) is 0 Å². The van der Waals surface area contributed by atoms with Gasteiger partial charge in [0.2, 0.25) is 17.2 Å². The molecule has 6 nitrogen and oxygen atoms in total. The lowest BCUT2D eigenvalue weighted by molar-refractivity contribution is 0.348. The fraction of sp³-hybridized carbons (Fsp3) is 0.0769. The molecule has 0 fully saturated rings. The van der Waals surface area contributed by atoms with Crippen LogP contribution in [0.1, 0.15) is 5.56 Å². The number of furan rings is 1. The molecule has 0 saturated carbocycles. The number of aromatic hydroxyl groups is 5. The van der Waals surface area contributed by atoms with Gasteiger partial charge >= 0.3 is 0 Å². The van der Waals surface area contributed by atoms with E-state index in [1.807, 2.05) is 0 Å². The van der Waals surface area contributed by atoms with E-state index in [1.165, 1.54) is 0 Å². The van der Waals surface area contributed by atoms with Crippen LogP contribution < -0.4 is 0 Å². The van der Waals surface area contributed by atoms with Gasteiger partial charge in [0.1, 0.15) is 5.75 Å². The van der Waals surface area contributed by atoms with Gasteiger partial charge in [-0.2, -0.15) is 0 Å². The molecule has 1 aromatic heterocycles. The van der Waals surface area contributed by atoms with Crippen LogP contribution in [0.5, 0.6) is 28.7 Å². The van der Waals surface area contributed by atoms with E-state index in [0.717, 1.165) is 0 Å².